The van der Waals surface area contributed by atoms with E-state index in [-0.39, 0.29) is 6.04 Å². The van der Waals surface area contributed by atoms with Gasteiger partial charge in [-0.3, -0.25) is 0 Å². The molecule has 0 aromatic carbocycles. The first-order valence-electron chi connectivity index (χ1n) is 6.83. The number of dihydropyridines is 1. The maximum Gasteiger partial charge on any atom is 0.132 e. The number of rotatable bonds is 4. The number of aryl methyl sites for hydroxylation is 1. The number of nitrogens with zero attached hydrogens (tertiary/aromatic N) is 1. The third-order valence-electron chi connectivity index (χ3n) is 3.19. The highest BCUT2D eigenvalue weighted by Crippen LogP contribution is 2.15. The lowest BCUT2D eigenvalue weighted by Gasteiger charge is -2.18. The van der Waals surface area contributed by atoms with Gasteiger partial charge in [-0.2, -0.15) is 0 Å². The molecule has 2 N–H and O–H groups in total. The van der Waals surface area contributed by atoms with Crippen LogP contribution in [0.3, 0.4) is 0 Å². The topological polar surface area (TPSA) is 37.0 Å². The quantitative estimate of drug-likeness (QED) is 0.817. The van der Waals surface area contributed by atoms with Crippen LogP contribution in [0.1, 0.15) is 19.4 Å². The Kier molecular flexibility index (Phi) is 4.77. The molecule has 2 heterocycles. The van der Waals surface area contributed by atoms with E-state index in [1.807, 2.05) is 18.3 Å². The van der Waals surface area contributed by atoms with E-state index in [2.05, 4.69) is 66.8 Å². The van der Waals surface area contributed by atoms with Crippen LogP contribution < -0.4 is 10.6 Å². The van der Waals surface area contributed by atoms with Crippen molar-refractivity contribution in [1.82, 2.24) is 10.3 Å². The second kappa shape index (κ2) is 6.75. The summed E-state index contributed by atoms with van der Waals surface area (Å²) in [5.74, 6) is 0.906. The number of anilines is 1. The molecule has 1 aromatic heterocycles. The van der Waals surface area contributed by atoms with E-state index >= 15 is 0 Å². The van der Waals surface area contributed by atoms with Crippen LogP contribution in [-0.4, -0.2) is 11.0 Å². The SMILES string of the molecule is C/C=C(\C=C(/C)Nc1ncccc1C)[C@H]1C=CC=CN1. The Bertz CT molecular complexity index is 580. The average molecular weight is 267 g/mol. The van der Waals surface area contributed by atoms with Gasteiger partial charge in [0.15, 0.2) is 0 Å². The Morgan fingerprint density at radius 3 is 2.90 bits per heavy atom. The van der Waals surface area contributed by atoms with Crippen LogP contribution in [0.25, 0.3) is 0 Å². The van der Waals surface area contributed by atoms with Crippen LogP contribution in [0.2, 0.25) is 0 Å². The Labute approximate surface area is 120 Å². The summed E-state index contributed by atoms with van der Waals surface area (Å²) in [6, 6.07) is 4.22. The highest BCUT2D eigenvalue weighted by molar-refractivity contribution is 5.49. The molecular formula is C17H21N3. The molecule has 0 aliphatic carbocycles. The van der Waals surface area contributed by atoms with E-state index in [9.17, 15) is 0 Å². The average Bonchev–Trinajstić information content (AvgIpc) is 2.48. The molecule has 3 nitrogen and oxygen atoms in total. The maximum absolute atomic E-state index is 4.35. The van der Waals surface area contributed by atoms with Crippen LogP contribution in [0.5, 0.6) is 0 Å². The van der Waals surface area contributed by atoms with Crippen molar-refractivity contribution in [3.8, 4) is 0 Å². The maximum atomic E-state index is 4.35. The summed E-state index contributed by atoms with van der Waals surface area (Å²) >= 11 is 0. The van der Waals surface area contributed by atoms with Crippen molar-refractivity contribution < 1.29 is 0 Å². The van der Waals surface area contributed by atoms with Crippen LogP contribution >= 0.6 is 0 Å². The van der Waals surface area contributed by atoms with E-state index < -0.39 is 0 Å². The Balaban J connectivity index is 2.11. The molecule has 0 radical (unpaired) electrons. The van der Waals surface area contributed by atoms with Crippen molar-refractivity contribution in [2.24, 2.45) is 0 Å². The van der Waals surface area contributed by atoms with Gasteiger partial charge in [-0.15, -0.1) is 0 Å². The largest absolute Gasteiger partial charge is 0.381 e. The highest BCUT2D eigenvalue weighted by atomic mass is 15.0. The van der Waals surface area contributed by atoms with Gasteiger partial charge in [-0.25, -0.2) is 4.98 Å². The molecule has 3 heteroatoms. The van der Waals surface area contributed by atoms with Crippen LogP contribution in [0.15, 0.2) is 66.2 Å². The van der Waals surface area contributed by atoms with Gasteiger partial charge in [0.05, 0.1) is 6.04 Å². The lowest BCUT2D eigenvalue weighted by molar-refractivity contribution is 0.798. The lowest BCUT2D eigenvalue weighted by atomic mass is 10.0. The summed E-state index contributed by atoms with van der Waals surface area (Å²) in [7, 11) is 0. The predicted molar refractivity (Wildman–Crippen MR) is 85.3 cm³/mol. The van der Waals surface area contributed by atoms with E-state index in [0.29, 0.717) is 0 Å². The second-order valence-corrected chi connectivity index (χ2v) is 4.80. The van der Waals surface area contributed by atoms with E-state index in [0.717, 1.165) is 17.1 Å². The second-order valence-electron chi connectivity index (χ2n) is 4.80. The zero-order chi connectivity index (χ0) is 14.4. The highest BCUT2D eigenvalue weighted by Gasteiger charge is 2.08. The minimum absolute atomic E-state index is 0.228. The molecule has 0 saturated carbocycles. The molecule has 1 aromatic rings. The first-order valence-corrected chi connectivity index (χ1v) is 6.83. The van der Waals surface area contributed by atoms with Crippen molar-refractivity contribution in [1.29, 1.82) is 0 Å². The summed E-state index contributed by atoms with van der Waals surface area (Å²) in [6.45, 7) is 6.16. The fourth-order valence-electron chi connectivity index (χ4n) is 2.09. The molecule has 104 valence electrons. The third-order valence-corrected chi connectivity index (χ3v) is 3.19. The molecule has 0 spiro atoms. The minimum Gasteiger partial charge on any atom is -0.381 e. The summed E-state index contributed by atoms with van der Waals surface area (Å²) < 4.78 is 0. The number of allylic oxidation sites excluding steroid dienone is 4. The van der Waals surface area contributed by atoms with E-state index in [1.165, 1.54) is 5.57 Å². The molecule has 1 aliphatic rings. The van der Waals surface area contributed by atoms with Crippen molar-refractivity contribution in [3.05, 3.63) is 71.7 Å². The van der Waals surface area contributed by atoms with Crippen LogP contribution in [0.4, 0.5) is 5.82 Å². The fraction of sp³-hybridized carbons (Fsp3) is 0.235. The molecule has 0 saturated heterocycles. The number of pyridine rings is 1. The normalized spacial score (nSPS) is 18.9. The van der Waals surface area contributed by atoms with Crippen LogP contribution in [-0.2, 0) is 0 Å². The summed E-state index contributed by atoms with van der Waals surface area (Å²) in [5.41, 5.74) is 3.44. The summed E-state index contributed by atoms with van der Waals surface area (Å²) in [5, 5.41) is 6.68. The first-order chi connectivity index (χ1) is 9.70. The van der Waals surface area contributed by atoms with Gasteiger partial charge in [0, 0.05) is 11.9 Å². The Hall–Kier alpha value is -2.29. The summed E-state index contributed by atoms with van der Waals surface area (Å²) in [4.78, 5) is 4.35. The predicted octanol–water partition coefficient (Wildman–Crippen LogP) is 3.69. The summed E-state index contributed by atoms with van der Waals surface area (Å²) in [6.07, 6.45) is 14.2. The molecule has 0 unspecified atom stereocenters. The Morgan fingerprint density at radius 2 is 2.25 bits per heavy atom. The number of hydrogen-bond acceptors (Lipinski definition) is 3. The van der Waals surface area contributed by atoms with Gasteiger partial charge in [0.25, 0.3) is 0 Å². The van der Waals surface area contributed by atoms with Gasteiger partial charge in [-0.05, 0) is 56.3 Å². The molecule has 1 aliphatic heterocycles. The fourth-order valence-corrected chi connectivity index (χ4v) is 2.09. The van der Waals surface area contributed by atoms with Crippen molar-refractivity contribution >= 4 is 5.82 Å². The van der Waals surface area contributed by atoms with E-state index in [4.69, 9.17) is 0 Å². The zero-order valence-electron chi connectivity index (χ0n) is 12.2. The first kappa shape index (κ1) is 14.1. The molecule has 1 atom stereocenters. The number of aromatic nitrogens is 1. The van der Waals surface area contributed by atoms with Gasteiger partial charge in [0.2, 0.25) is 0 Å². The van der Waals surface area contributed by atoms with Crippen LogP contribution in [0, 0.1) is 6.92 Å². The van der Waals surface area contributed by atoms with Gasteiger partial charge < -0.3 is 10.6 Å². The third kappa shape index (κ3) is 3.60. The lowest BCUT2D eigenvalue weighted by Crippen LogP contribution is -2.25. The number of nitrogens with one attached hydrogen (secondary N) is 2. The molecule has 0 fully saturated rings. The molecule has 0 bridgehead atoms. The zero-order valence-corrected chi connectivity index (χ0v) is 12.2. The molecular weight excluding hydrogens is 246 g/mol. The minimum atomic E-state index is 0.228. The molecule has 20 heavy (non-hydrogen) atoms. The number of hydrogen-bond donors (Lipinski definition) is 2. The molecule has 2 rings (SSSR count). The monoisotopic (exact) mass is 267 g/mol. The van der Waals surface area contributed by atoms with Gasteiger partial charge >= 0.3 is 0 Å². The van der Waals surface area contributed by atoms with Crippen molar-refractivity contribution in [3.63, 3.8) is 0 Å². The Morgan fingerprint density at radius 1 is 1.40 bits per heavy atom. The van der Waals surface area contributed by atoms with Gasteiger partial charge in [0.1, 0.15) is 5.82 Å². The smallest absolute Gasteiger partial charge is 0.132 e. The standard InChI is InChI=1S/C17H21N3/c1-4-15(16-9-5-6-10-18-16)12-14(3)20-17-13(2)8-7-11-19-17/h4-12,16,18H,1-3H3,(H,19,20)/b14-12+,15-4+/t16-/m1/s1. The molecule has 0 amide bonds. The van der Waals surface area contributed by atoms with Crippen molar-refractivity contribution in [2.45, 2.75) is 26.8 Å². The van der Waals surface area contributed by atoms with E-state index in [1.54, 1.807) is 6.20 Å². The van der Waals surface area contributed by atoms with Crippen molar-refractivity contribution in [2.75, 3.05) is 5.32 Å². The van der Waals surface area contributed by atoms with Gasteiger partial charge in [-0.1, -0.05) is 24.3 Å².